The Morgan fingerprint density at radius 3 is 1.93 bits per heavy atom. The lowest BCUT2D eigenvalue weighted by Crippen LogP contribution is -2.34. The zero-order chi connectivity index (χ0) is 11.4. The molecule has 86 valence electrons. The van der Waals surface area contributed by atoms with E-state index in [1.807, 2.05) is 25.7 Å². The molecule has 0 aromatic carbocycles. The number of piperidine rings is 1. The van der Waals surface area contributed by atoms with E-state index in [1.54, 1.807) is 0 Å². The first kappa shape index (κ1) is 15.9. The molecular weight excluding hydrogens is 176 g/mol. The van der Waals surface area contributed by atoms with Gasteiger partial charge in [-0.05, 0) is 26.3 Å². The topological polar surface area (TPSA) is 46.3 Å². The third-order valence-electron chi connectivity index (χ3n) is 2.01. The van der Waals surface area contributed by atoms with E-state index in [4.69, 9.17) is 0 Å². The molecule has 0 bridgehead atoms. The number of hydrogen-bond acceptors (Lipinski definition) is 2. The van der Waals surface area contributed by atoms with Crippen molar-refractivity contribution in [2.75, 3.05) is 20.1 Å². The Balaban J connectivity index is 0. The Labute approximate surface area is 88.7 Å². The minimum absolute atomic E-state index is 0.319. The fourth-order valence-corrected chi connectivity index (χ4v) is 1.37. The van der Waals surface area contributed by atoms with Gasteiger partial charge >= 0.3 is 0 Å². The molecular formula is C11H26N2O. The maximum Gasteiger partial charge on any atom is 0.222 e. The number of hydrogen-bond donors (Lipinski definition) is 1. The molecule has 1 heterocycles. The smallest absolute Gasteiger partial charge is 0.222 e. The molecule has 1 saturated heterocycles. The van der Waals surface area contributed by atoms with Gasteiger partial charge in [-0.3, -0.25) is 4.79 Å². The molecule has 2 N–H and O–H groups in total. The van der Waals surface area contributed by atoms with Crippen LogP contribution in [0.15, 0.2) is 0 Å². The Kier molecular flexibility index (Phi) is 14.1. The summed E-state index contributed by atoms with van der Waals surface area (Å²) in [5.41, 5.74) is 4.50. The SMILES string of the molecule is CC.CCC(=O)N1CCCCC1.CN. The number of nitrogens with two attached hydrogens (primary N) is 1. The van der Waals surface area contributed by atoms with Gasteiger partial charge in [-0.15, -0.1) is 0 Å². The molecule has 1 aliphatic rings. The van der Waals surface area contributed by atoms with E-state index in [9.17, 15) is 4.79 Å². The first-order valence-corrected chi connectivity index (χ1v) is 5.70. The summed E-state index contributed by atoms with van der Waals surface area (Å²) in [6.45, 7) is 7.91. The van der Waals surface area contributed by atoms with Gasteiger partial charge in [0.25, 0.3) is 0 Å². The van der Waals surface area contributed by atoms with Crippen LogP contribution in [0.3, 0.4) is 0 Å². The maximum atomic E-state index is 11.1. The highest BCUT2D eigenvalue weighted by Gasteiger charge is 2.13. The number of rotatable bonds is 1. The standard InChI is InChI=1S/C8H15NO.C2H6.CH5N/c1-2-8(10)9-6-4-3-5-7-9;2*1-2/h2-7H2,1H3;1-2H3;2H2,1H3. The summed E-state index contributed by atoms with van der Waals surface area (Å²) in [7, 11) is 1.50. The second kappa shape index (κ2) is 12.4. The van der Waals surface area contributed by atoms with Crippen LogP contribution in [0.1, 0.15) is 46.5 Å². The van der Waals surface area contributed by atoms with Gasteiger partial charge < -0.3 is 10.6 Å². The van der Waals surface area contributed by atoms with Gasteiger partial charge in [0.2, 0.25) is 5.91 Å². The second-order valence-electron chi connectivity index (χ2n) is 2.80. The van der Waals surface area contributed by atoms with Crippen molar-refractivity contribution in [2.24, 2.45) is 5.73 Å². The van der Waals surface area contributed by atoms with Crippen molar-refractivity contribution in [1.29, 1.82) is 0 Å². The summed E-state index contributed by atoms with van der Waals surface area (Å²) in [5, 5.41) is 0. The van der Waals surface area contributed by atoms with Gasteiger partial charge in [-0.2, -0.15) is 0 Å². The second-order valence-corrected chi connectivity index (χ2v) is 2.80. The lowest BCUT2D eigenvalue weighted by atomic mass is 10.1. The average molecular weight is 202 g/mol. The van der Waals surface area contributed by atoms with Gasteiger partial charge in [-0.25, -0.2) is 0 Å². The van der Waals surface area contributed by atoms with E-state index in [0.717, 1.165) is 13.1 Å². The fourth-order valence-electron chi connectivity index (χ4n) is 1.37. The normalized spacial score (nSPS) is 14.5. The van der Waals surface area contributed by atoms with E-state index >= 15 is 0 Å². The first-order chi connectivity index (χ1) is 6.84. The zero-order valence-electron chi connectivity index (χ0n) is 10.2. The lowest BCUT2D eigenvalue weighted by Gasteiger charge is -2.26. The minimum Gasteiger partial charge on any atom is -0.343 e. The first-order valence-electron chi connectivity index (χ1n) is 5.70. The third-order valence-corrected chi connectivity index (χ3v) is 2.01. The van der Waals surface area contributed by atoms with Gasteiger partial charge in [-0.1, -0.05) is 20.8 Å². The minimum atomic E-state index is 0.319. The summed E-state index contributed by atoms with van der Waals surface area (Å²) in [4.78, 5) is 13.1. The van der Waals surface area contributed by atoms with Crippen LogP contribution in [0.25, 0.3) is 0 Å². The molecule has 0 radical (unpaired) electrons. The number of carbonyl (C=O) groups is 1. The molecule has 0 atom stereocenters. The lowest BCUT2D eigenvalue weighted by molar-refractivity contribution is -0.131. The van der Waals surface area contributed by atoms with Crippen molar-refractivity contribution in [3.63, 3.8) is 0 Å². The molecule has 0 spiro atoms. The van der Waals surface area contributed by atoms with Crippen molar-refractivity contribution < 1.29 is 4.79 Å². The Morgan fingerprint density at radius 1 is 1.14 bits per heavy atom. The molecule has 0 saturated carbocycles. The van der Waals surface area contributed by atoms with Gasteiger partial charge in [0, 0.05) is 19.5 Å². The van der Waals surface area contributed by atoms with Crippen LogP contribution in [-0.4, -0.2) is 30.9 Å². The number of carbonyl (C=O) groups excluding carboxylic acids is 1. The molecule has 1 fully saturated rings. The van der Waals surface area contributed by atoms with Crippen molar-refractivity contribution in [2.45, 2.75) is 46.5 Å². The monoisotopic (exact) mass is 202 g/mol. The van der Waals surface area contributed by atoms with Crippen LogP contribution in [-0.2, 0) is 4.79 Å². The Morgan fingerprint density at radius 2 is 1.57 bits per heavy atom. The zero-order valence-corrected chi connectivity index (χ0v) is 10.2. The van der Waals surface area contributed by atoms with E-state index in [-0.39, 0.29) is 0 Å². The number of amides is 1. The van der Waals surface area contributed by atoms with E-state index in [0.29, 0.717) is 12.3 Å². The van der Waals surface area contributed by atoms with Crippen molar-refractivity contribution in [3.05, 3.63) is 0 Å². The van der Waals surface area contributed by atoms with Crippen molar-refractivity contribution in [1.82, 2.24) is 4.90 Å². The summed E-state index contributed by atoms with van der Waals surface area (Å²) >= 11 is 0. The molecule has 3 heteroatoms. The van der Waals surface area contributed by atoms with Gasteiger partial charge in [0.05, 0.1) is 0 Å². The molecule has 0 aromatic rings. The van der Waals surface area contributed by atoms with Crippen LogP contribution < -0.4 is 5.73 Å². The predicted octanol–water partition coefficient (Wildman–Crippen LogP) is 2.01. The molecule has 14 heavy (non-hydrogen) atoms. The molecule has 0 unspecified atom stereocenters. The Hall–Kier alpha value is -0.570. The summed E-state index contributed by atoms with van der Waals surface area (Å²) in [6, 6.07) is 0. The van der Waals surface area contributed by atoms with Gasteiger partial charge in [0.15, 0.2) is 0 Å². The predicted molar refractivity (Wildman–Crippen MR) is 62.2 cm³/mol. The van der Waals surface area contributed by atoms with Crippen LogP contribution in [0.2, 0.25) is 0 Å². The number of likely N-dealkylation sites (tertiary alicyclic amines) is 1. The molecule has 1 aliphatic heterocycles. The fraction of sp³-hybridized carbons (Fsp3) is 0.909. The largest absolute Gasteiger partial charge is 0.343 e. The summed E-state index contributed by atoms with van der Waals surface area (Å²) in [6.07, 6.45) is 4.37. The highest BCUT2D eigenvalue weighted by molar-refractivity contribution is 5.75. The third kappa shape index (κ3) is 6.89. The maximum absolute atomic E-state index is 11.1. The van der Waals surface area contributed by atoms with Crippen LogP contribution in [0.5, 0.6) is 0 Å². The molecule has 3 nitrogen and oxygen atoms in total. The average Bonchev–Trinajstić information content (AvgIpc) is 2.34. The van der Waals surface area contributed by atoms with Crippen molar-refractivity contribution >= 4 is 5.91 Å². The molecule has 0 aromatic heterocycles. The van der Waals surface area contributed by atoms with Crippen LogP contribution in [0, 0.1) is 0 Å². The summed E-state index contributed by atoms with van der Waals surface area (Å²) in [5.74, 6) is 0.319. The van der Waals surface area contributed by atoms with Crippen LogP contribution in [0.4, 0.5) is 0 Å². The highest BCUT2D eigenvalue weighted by atomic mass is 16.2. The molecule has 1 rings (SSSR count). The Bertz CT molecular complexity index is 120. The quantitative estimate of drug-likeness (QED) is 0.707. The van der Waals surface area contributed by atoms with E-state index in [1.165, 1.54) is 26.3 Å². The highest BCUT2D eigenvalue weighted by Crippen LogP contribution is 2.09. The molecule has 1 amide bonds. The van der Waals surface area contributed by atoms with Crippen molar-refractivity contribution in [3.8, 4) is 0 Å². The van der Waals surface area contributed by atoms with E-state index < -0.39 is 0 Å². The van der Waals surface area contributed by atoms with E-state index in [2.05, 4.69) is 5.73 Å². The summed E-state index contributed by atoms with van der Waals surface area (Å²) < 4.78 is 0. The molecule has 0 aliphatic carbocycles. The number of nitrogens with zero attached hydrogens (tertiary/aromatic N) is 1. The van der Waals surface area contributed by atoms with Crippen LogP contribution >= 0.6 is 0 Å². The van der Waals surface area contributed by atoms with Gasteiger partial charge in [0.1, 0.15) is 0 Å².